The fraction of sp³-hybridized carbons (Fsp3) is 1.00. The van der Waals surface area contributed by atoms with Crippen molar-refractivity contribution in [1.29, 1.82) is 0 Å². The topological polar surface area (TPSA) is 12.0 Å². The molecule has 0 aromatic rings. The Bertz CT molecular complexity index is 116. The van der Waals surface area contributed by atoms with Gasteiger partial charge in [0, 0.05) is 5.54 Å². The highest BCUT2D eigenvalue weighted by molar-refractivity contribution is 5.04. The predicted octanol–water partition coefficient (Wildman–Crippen LogP) is 1.54. The van der Waals surface area contributed by atoms with Gasteiger partial charge in [0.05, 0.1) is 0 Å². The molecule has 9 heavy (non-hydrogen) atoms. The third kappa shape index (κ3) is 0.983. The predicted molar refractivity (Wildman–Crippen MR) is 38.4 cm³/mol. The zero-order valence-corrected chi connectivity index (χ0v) is 6.11. The van der Waals surface area contributed by atoms with Crippen LogP contribution in [0.15, 0.2) is 0 Å². The van der Waals surface area contributed by atoms with Crippen LogP contribution in [0.2, 0.25) is 0 Å². The summed E-state index contributed by atoms with van der Waals surface area (Å²) >= 11 is 0. The molecule has 2 rings (SSSR count). The summed E-state index contributed by atoms with van der Waals surface area (Å²) in [7, 11) is 0. The molecule has 0 bridgehead atoms. The van der Waals surface area contributed by atoms with E-state index in [1.54, 1.807) is 0 Å². The normalized spacial score (nSPS) is 39.0. The molecule has 1 heterocycles. The average molecular weight is 125 g/mol. The van der Waals surface area contributed by atoms with Crippen molar-refractivity contribution in [2.45, 2.75) is 38.1 Å². The van der Waals surface area contributed by atoms with E-state index in [-0.39, 0.29) is 0 Å². The zero-order chi connectivity index (χ0) is 6.32. The molecule has 52 valence electrons. The summed E-state index contributed by atoms with van der Waals surface area (Å²) in [5.74, 6) is 0.980. The molecule has 1 saturated carbocycles. The van der Waals surface area contributed by atoms with E-state index in [1.807, 2.05) is 0 Å². The minimum Gasteiger partial charge on any atom is -0.311 e. The zero-order valence-electron chi connectivity index (χ0n) is 6.11. The molecule has 1 aliphatic heterocycles. The number of nitrogens with one attached hydrogen (secondary N) is 1. The van der Waals surface area contributed by atoms with E-state index in [0.717, 1.165) is 5.92 Å². The molecule has 1 N–H and O–H groups in total. The van der Waals surface area contributed by atoms with Gasteiger partial charge in [-0.05, 0) is 38.1 Å². The Morgan fingerprint density at radius 2 is 2.22 bits per heavy atom. The first-order valence-electron chi connectivity index (χ1n) is 4.06. The minimum absolute atomic E-state index is 0.650. The van der Waals surface area contributed by atoms with Crippen LogP contribution in [0.4, 0.5) is 0 Å². The maximum atomic E-state index is 3.60. The van der Waals surface area contributed by atoms with Gasteiger partial charge in [-0.25, -0.2) is 0 Å². The lowest BCUT2D eigenvalue weighted by Gasteiger charge is -2.27. The molecule has 1 heteroatoms. The summed E-state index contributed by atoms with van der Waals surface area (Å²) in [4.78, 5) is 0. The number of piperidine rings is 1. The van der Waals surface area contributed by atoms with Gasteiger partial charge in [0.25, 0.3) is 0 Å². The summed E-state index contributed by atoms with van der Waals surface area (Å²) < 4.78 is 0. The number of hydrogen-bond donors (Lipinski definition) is 1. The second-order valence-corrected chi connectivity index (χ2v) is 3.81. The molecule has 1 aliphatic carbocycles. The van der Waals surface area contributed by atoms with E-state index in [4.69, 9.17) is 0 Å². The summed E-state index contributed by atoms with van der Waals surface area (Å²) in [6, 6.07) is 0. The van der Waals surface area contributed by atoms with Crippen molar-refractivity contribution in [2.75, 3.05) is 6.54 Å². The van der Waals surface area contributed by atoms with Crippen LogP contribution >= 0.6 is 0 Å². The van der Waals surface area contributed by atoms with E-state index in [2.05, 4.69) is 12.2 Å². The van der Waals surface area contributed by atoms with Crippen molar-refractivity contribution >= 4 is 0 Å². The molecule has 2 fully saturated rings. The third-order valence-electron chi connectivity index (χ3n) is 2.73. The van der Waals surface area contributed by atoms with Crippen LogP contribution in [0.1, 0.15) is 32.6 Å². The monoisotopic (exact) mass is 125 g/mol. The highest BCUT2D eigenvalue weighted by Crippen LogP contribution is 2.43. The maximum Gasteiger partial charge on any atom is 0.0185 e. The van der Waals surface area contributed by atoms with Crippen LogP contribution in [-0.4, -0.2) is 12.1 Å². The van der Waals surface area contributed by atoms with Gasteiger partial charge < -0.3 is 5.32 Å². The minimum atomic E-state index is 0.650. The van der Waals surface area contributed by atoms with E-state index in [1.165, 1.54) is 32.2 Å². The van der Waals surface area contributed by atoms with Crippen LogP contribution in [-0.2, 0) is 0 Å². The van der Waals surface area contributed by atoms with Crippen molar-refractivity contribution in [3.63, 3.8) is 0 Å². The lowest BCUT2D eigenvalue weighted by Crippen LogP contribution is -2.39. The summed E-state index contributed by atoms with van der Waals surface area (Å²) in [6.07, 6.45) is 5.71. The molecular formula is C8H15N. The summed E-state index contributed by atoms with van der Waals surface area (Å²) in [6.45, 7) is 3.64. The highest BCUT2D eigenvalue weighted by Gasteiger charge is 2.44. The van der Waals surface area contributed by atoms with Gasteiger partial charge in [0.1, 0.15) is 0 Å². The van der Waals surface area contributed by atoms with Crippen LogP contribution in [0.5, 0.6) is 0 Å². The molecule has 0 amide bonds. The molecule has 1 atom stereocenters. The van der Waals surface area contributed by atoms with Crippen molar-refractivity contribution in [2.24, 2.45) is 5.92 Å². The molecule has 1 spiro atoms. The summed E-state index contributed by atoms with van der Waals surface area (Å²) in [5, 5.41) is 3.60. The van der Waals surface area contributed by atoms with Gasteiger partial charge >= 0.3 is 0 Å². The molecule has 0 radical (unpaired) electrons. The molecule has 0 aromatic heterocycles. The smallest absolute Gasteiger partial charge is 0.0185 e. The Hall–Kier alpha value is -0.0400. The number of hydrogen-bond acceptors (Lipinski definition) is 1. The fourth-order valence-corrected chi connectivity index (χ4v) is 1.96. The van der Waals surface area contributed by atoms with E-state index >= 15 is 0 Å². The van der Waals surface area contributed by atoms with Crippen LogP contribution < -0.4 is 5.32 Å². The highest BCUT2D eigenvalue weighted by atomic mass is 15.0. The first kappa shape index (κ1) is 5.72. The third-order valence-corrected chi connectivity index (χ3v) is 2.73. The molecule has 1 saturated heterocycles. The van der Waals surface area contributed by atoms with Gasteiger partial charge in [-0.15, -0.1) is 0 Å². The Labute approximate surface area is 56.8 Å². The first-order valence-corrected chi connectivity index (χ1v) is 4.06. The van der Waals surface area contributed by atoms with Crippen molar-refractivity contribution in [3.05, 3.63) is 0 Å². The van der Waals surface area contributed by atoms with Crippen molar-refractivity contribution < 1.29 is 0 Å². The lowest BCUT2D eigenvalue weighted by atomic mass is 9.93. The quantitative estimate of drug-likeness (QED) is 0.518. The Morgan fingerprint density at radius 3 is 2.67 bits per heavy atom. The Morgan fingerprint density at radius 1 is 1.44 bits per heavy atom. The van der Waals surface area contributed by atoms with Gasteiger partial charge in [-0.2, -0.15) is 0 Å². The van der Waals surface area contributed by atoms with E-state index in [9.17, 15) is 0 Å². The second kappa shape index (κ2) is 1.72. The molecular weight excluding hydrogens is 110 g/mol. The van der Waals surface area contributed by atoms with Gasteiger partial charge in [-0.1, -0.05) is 6.92 Å². The first-order chi connectivity index (χ1) is 4.31. The fourth-order valence-electron chi connectivity index (χ4n) is 1.96. The molecule has 2 aliphatic rings. The Kier molecular flexibility index (Phi) is 1.10. The van der Waals surface area contributed by atoms with Crippen LogP contribution in [0, 0.1) is 5.92 Å². The standard InChI is InChI=1S/C8H15N/c1-7-2-5-9-8(6-7)3-4-8/h7,9H,2-6H2,1H3/t7-/m1/s1. The van der Waals surface area contributed by atoms with Crippen LogP contribution in [0.3, 0.4) is 0 Å². The van der Waals surface area contributed by atoms with Crippen LogP contribution in [0.25, 0.3) is 0 Å². The van der Waals surface area contributed by atoms with Gasteiger partial charge in [0.2, 0.25) is 0 Å². The van der Waals surface area contributed by atoms with E-state index in [0.29, 0.717) is 5.54 Å². The molecule has 0 unspecified atom stereocenters. The SMILES string of the molecule is C[C@@H]1CCNC2(CC2)C1. The summed E-state index contributed by atoms with van der Waals surface area (Å²) in [5.41, 5.74) is 0.650. The lowest BCUT2D eigenvalue weighted by molar-refractivity contribution is 0.305. The largest absolute Gasteiger partial charge is 0.311 e. The van der Waals surface area contributed by atoms with Crippen molar-refractivity contribution in [1.82, 2.24) is 5.32 Å². The van der Waals surface area contributed by atoms with Gasteiger partial charge in [0.15, 0.2) is 0 Å². The van der Waals surface area contributed by atoms with E-state index < -0.39 is 0 Å². The molecule has 0 aromatic carbocycles. The average Bonchev–Trinajstić information content (AvgIpc) is 2.49. The van der Waals surface area contributed by atoms with Gasteiger partial charge in [-0.3, -0.25) is 0 Å². The Balaban J connectivity index is 1.96. The number of rotatable bonds is 0. The second-order valence-electron chi connectivity index (χ2n) is 3.81. The maximum absolute atomic E-state index is 3.60. The molecule has 1 nitrogen and oxygen atoms in total. The van der Waals surface area contributed by atoms with Crippen molar-refractivity contribution in [3.8, 4) is 0 Å².